The summed E-state index contributed by atoms with van der Waals surface area (Å²) in [6.45, 7) is 10.2. The summed E-state index contributed by atoms with van der Waals surface area (Å²) >= 11 is 0. The monoisotopic (exact) mass is 294 g/mol. The number of hydrogen-bond donors (Lipinski definition) is 1. The molecule has 2 aliphatic rings. The first-order valence-corrected chi connectivity index (χ1v) is 8.45. The van der Waals surface area contributed by atoms with E-state index >= 15 is 0 Å². The lowest BCUT2D eigenvalue weighted by atomic mass is 9.81. The molecule has 0 radical (unpaired) electrons. The maximum Gasteiger partial charge on any atom is 0.248 e. The highest BCUT2D eigenvalue weighted by molar-refractivity contribution is 5.99. The van der Waals surface area contributed by atoms with Gasteiger partial charge in [-0.05, 0) is 38.0 Å². The lowest BCUT2D eigenvalue weighted by Crippen LogP contribution is -2.72. The Morgan fingerprint density at radius 1 is 1.33 bits per heavy atom. The van der Waals surface area contributed by atoms with Crippen LogP contribution in [0, 0.1) is 11.8 Å². The molecule has 1 saturated heterocycles. The fraction of sp³-hybridized carbons (Fsp3) is 0.882. The van der Waals surface area contributed by atoms with Crippen molar-refractivity contribution in [2.75, 3.05) is 0 Å². The van der Waals surface area contributed by atoms with Crippen molar-refractivity contribution in [1.29, 1.82) is 0 Å². The molecule has 1 saturated carbocycles. The van der Waals surface area contributed by atoms with E-state index in [0.29, 0.717) is 12.3 Å². The molecule has 2 amide bonds. The molecular weight excluding hydrogens is 264 g/mol. The number of rotatable bonds is 3. The minimum atomic E-state index is -0.733. The van der Waals surface area contributed by atoms with Crippen molar-refractivity contribution in [3.05, 3.63) is 0 Å². The largest absolute Gasteiger partial charge is 0.340 e. The van der Waals surface area contributed by atoms with Crippen LogP contribution >= 0.6 is 0 Å². The highest BCUT2D eigenvalue weighted by Crippen LogP contribution is 2.34. The standard InChI is InChI=1S/C17H30N2O2/c1-6-17(5)16(21)19(13-9-7-8-12(4)10-13)14(11(2)3)15(20)18-17/h11-14H,6-10H2,1-5H3,(H,18,20). The summed E-state index contributed by atoms with van der Waals surface area (Å²) in [5, 5.41) is 2.97. The van der Waals surface area contributed by atoms with Gasteiger partial charge < -0.3 is 10.2 Å². The molecule has 4 nitrogen and oxygen atoms in total. The first-order valence-electron chi connectivity index (χ1n) is 8.45. The van der Waals surface area contributed by atoms with E-state index in [1.54, 1.807) is 0 Å². The number of amides is 2. The molecule has 1 aliphatic heterocycles. The molecule has 2 rings (SSSR count). The molecule has 0 bridgehead atoms. The number of piperazine rings is 1. The van der Waals surface area contributed by atoms with Gasteiger partial charge in [-0.2, -0.15) is 0 Å². The zero-order valence-corrected chi connectivity index (χ0v) is 14.1. The summed E-state index contributed by atoms with van der Waals surface area (Å²) in [5.41, 5.74) is -0.733. The molecule has 1 heterocycles. The molecule has 4 unspecified atom stereocenters. The molecule has 0 aromatic carbocycles. The third-order valence-electron chi connectivity index (χ3n) is 5.31. The normalized spacial score (nSPS) is 37.8. The van der Waals surface area contributed by atoms with Crippen LogP contribution in [0.2, 0.25) is 0 Å². The van der Waals surface area contributed by atoms with Crippen LogP contribution in [0.1, 0.15) is 66.7 Å². The highest BCUT2D eigenvalue weighted by Gasteiger charge is 2.50. The Bertz CT molecular complexity index is 421. The molecule has 0 aromatic rings. The van der Waals surface area contributed by atoms with E-state index in [-0.39, 0.29) is 29.8 Å². The Labute approximate surface area is 128 Å². The zero-order valence-electron chi connectivity index (χ0n) is 14.1. The minimum Gasteiger partial charge on any atom is -0.340 e. The Hall–Kier alpha value is -1.06. The van der Waals surface area contributed by atoms with E-state index in [2.05, 4.69) is 12.2 Å². The van der Waals surface area contributed by atoms with Crippen molar-refractivity contribution in [1.82, 2.24) is 10.2 Å². The van der Waals surface area contributed by atoms with Crippen LogP contribution in [0.25, 0.3) is 0 Å². The fourth-order valence-electron chi connectivity index (χ4n) is 3.85. The van der Waals surface area contributed by atoms with Gasteiger partial charge in [0.1, 0.15) is 11.6 Å². The molecule has 2 fully saturated rings. The van der Waals surface area contributed by atoms with E-state index in [4.69, 9.17) is 0 Å². The second kappa shape index (κ2) is 5.98. The van der Waals surface area contributed by atoms with Gasteiger partial charge in [-0.3, -0.25) is 9.59 Å². The van der Waals surface area contributed by atoms with E-state index < -0.39 is 5.54 Å². The van der Waals surface area contributed by atoms with Crippen LogP contribution in [0.15, 0.2) is 0 Å². The maximum absolute atomic E-state index is 13.1. The van der Waals surface area contributed by atoms with Gasteiger partial charge in [-0.15, -0.1) is 0 Å². The van der Waals surface area contributed by atoms with Gasteiger partial charge in [0, 0.05) is 6.04 Å². The summed E-state index contributed by atoms with van der Waals surface area (Å²) in [5.74, 6) is 0.921. The van der Waals surface area contributed by atoms with Crippen LogP contribution in [0.4, 0.5) is 0 Å². The van der Waals surface area contributed by atoms with Crippen molar-refractivity contribution in [3.63, 3.8) is 0 Å². The van der Waals surface area contributed by atoms with Gasteiger partial charge in [-0.25, -0.2) is 0 Å². The van der Waals surface area contributed by atoms with Crippen LogP contribution < -0.4 is 5.32 Å². The summed E-state index contributed by atoms with van der Waals surface area (Å²) < 4.78 is 0. The van der Waals surface area contributed by atoms with E-state index in [1.165, 1.54) is 6.42 Å². The van der Waals surface area contributed by atoms with E-state index in [9.17, 15) is 9.59 Å². The Balaban J connectivity index is 2.34. The van der Waals surface area contributed by atoms with Crippen molar-refractivity contribution in [2.24, 2.45) is 11.8 Å². The van der Waals surface area contributed by atoms with Gasteiger partial charge >= 0.3 is 0 Å². The Morgan fingerprint density at radius 3 is 2.52 bits per heavy atom. The molecule has 21 heavy (non-hydrogen) atoms. The molecule has 0 aromatic heterocycles. The average molecular weight is 294 g/mol. The Kier molecular flexibility index (Phi) is 4.64. The van der Waals surface area contributed by atoms with Gasteiger partial charge in [-0.1, -0.05) is 40.5 Å². The maximum atomic E-state index is 13.1. The van der Waals surface area contributed by atoms with Crippen molar-refractivity contribution >= 4 is 11.8 Å². The Morgan fingerprint density at radius 2 is 2.00 bits per heavy atom. The molecule has 4 atom stereocenters. The molecule has 1 N–H and O–H groups in total. The lowest BCUT2D eigenvalue weighted by molar-refractivity contribution is -0.160. The first kappa shape index (κ1) is 16.3. The predicted octanol–water partition coefficient (Wildman–Crippen LogP) is 2.72. The molecule has 4 heteroatoms. The second-order valence-electron chi connectivity index (χ2n) is 7.50. The number of carbonyl (C=O) groups is 2. The van der Waals surface area contributed by atoms with Gasteiger partial charge in [0.05, 0.1) is 0 Å². The summed E-state index contributed by atoms with van der Waals surface area (Å²) in [6, 6.07) is -0.0852. The van der Waals surface area contributed by atoms with Crippen LogP contribution in [-0.4, -0.2) is 34.3 Å². The lowest BCUT2D eigenvalue weighted by Gasteiger charge is -2.50. The van der Waals surface area contributed by atoms with E-state index in [0.717, 1.165) is 19.3 Å². The zero-order chi connectivity index (χ0) is 15.8. The number of hydrogen-bond acceptors (Lipinski definition) is 2. The topological polar surface area (TPSA) is 49.4 Å². The van der Waals surface area contributed by atoms with E-state index in [1.807, 2.05) is 32.6 Å². The van der Waals surface area contributed by atoms with Crippen LogP contribution in [0.5, 0.6) is 0 Å². The second-order valence-corrected chi connectivity index (χ2v) is 7.50. The number of nitrogens with zero attached hydrogens (tertiary/aromatic N) is 1. The number of carbonyl (C=O) groups excluding carboxylic acids is 2. The molecule has 120 valence electrons. The highest BCUT2D eigenvalue weighted by atomic mass is 16.2. The van der Waals surface area contributed by atoms with Gasteiger partial charge in [0.15, 0.2) is 0 Å². The smallest absolute Gasteiger partial charge is 0.248 e. The molecule has 0 spiro atoms. The van der Waals surface area contributed by atoms with Crippen molar-refractivity contribution in [3.8, 4) is 0 Å². The van der Waals surface area contributed by atoms with Crippen molar-refractivity contribution < 1.29 is 9.59 Å². The number of nitrogens with one attached hydrogen (secondary N) is 1. The third kappa shape index (κ3) is 2.95. The molecule has 1 aliphatic carbocycles. The minimum absolute atomic E-state index is 0.0205. The SMILES string of the molecule is CCC1(C)NC(=O)C(C(C)C)N(C2CCCC(C)C2)C1=O. The van der Waals surface area contributed by atoms with Gasteiger partial charge in [0.25, 0.3) is 0 Å². The predicted molar refractivity (Wildman–Crippen MR) is 83.7 cm³/mol. The summed E-state index contributed by atoms with van der Waals surface area (Å²) in [6.07, 6.45) is 5.10. The first-order chi connectivity index (χ1) is 9.80. The average Bonchev–Trinajstić information content (AvgIpc) is 2.42. The summed E-state index contributed by atoms with van der Waals surface area (Å²) in [4.78, 5) is 27.6. The van der Waals surface area contributed by atoms with Gasteiger partial charge in [0.2, 0.25) is 11.8 Å². The summed E-state index contributed by atoms with van der Waals surface area (Å²) in [7, 11) is 0. The fourth-order valence-corrected chi connectivity index (χ4v) is 3.85. The van der Waals surface area contributed by atoms with Crippen LogP contribution in [0.3, 0.4) is 0 Å². The quantitative estimate of drug-likeness (QED) is 0.870. The molecular formula is C17H30N2O2. The van der Waals surface area contributed by atoms with Crippen molar-refractivity contribution in [2.45, 2.75) is 84.3 Å². The van der Waals surface area contributed by atoms with Crippen LogP contribution in [-0.2, 0) is 9.59 Å². The third-order valence-corrected chi connectivity index (χ3v) is 5.31.